The minimum Gasteiger partial charge on any atom is -0.370 e. The molecule has 4 heterocycles. The molecule has 0 radical (unpaired) electrons. The molecule has 5 rings (SSSR count). The van der Waals surface area contributed by atoms with Gasteiger partial charge in [-0.1, -0.05) is 6.07 Å². The number of rotatable bonds is 4. The SMILES string of the molecule is CCNc1ncc(-c2ccc3ncc4c(c3c2)n(-c2c(C)nn(C)c2C)c(=O)n4C)cc1C(F)(F)F. The Bertz CT molecular complexity index is 1710. The molecule has 0 spiro atoms. The minimum absolute atomic E-state index is 0.210. The lowest BCUT2D eigenvalue weighted by atomic mass is 10.0. The van der Waals surface area contributed by atoms with Crippen molar-refractivity contribution in [3.8, 4) is 16.8 Å². The van der Waals surface area contributed by atoms with Crippen LogP contribution in [0.1, 0.15) is 23.9 Å². The zero-order valence-corrected chi connectivity index (χ0v) is 20.4. The quantitative estimate of drug-likeness (QED) is 0.390. The molecule has 1 aromatic carbocycles. The van der Waals surface area contributed by atoms with Gasteiger partial charge in [-0.05, 0) is 44.5 Å². The van der Waals surface area contributed by atoms with Gasteiger partial charge in [-0.3, -0.25) is 18.8 Å². The molecular formula is C25H24F3N7O. The molecule has 0 aliphatic rings. The van der Waals surface area contributed by atoms with Crippen molar-refractivity contribution < 1.29 is 13.2 Å². The number of halogens is 3. The number of hydrogen-bond donors (Lipinski definition) is 1. The van der Waals surface area contributed by atoms with E-state index in [1.54, 1.807) is 47.6 Å². The first-order chi connectivity index (χ1) is 17.0. The molecule has 1 N–H and O–H groups in total. The van der Waals surface area contributed by atoms with Crippen LogP contribution in [-0.4, -0.2) is 35.4 Å². The third kappa shape index (κ3) is 3.53. The summed E-state index contributed by atoms with van der Waals surface area (Å²) in [5, 5.41) is 7.76. The van der Waals surface area contributed by atoms with Crippen LogP contribution in [0.5, 0.6) is 0 Å². The number of nitrogens with one attached hydrogen (secondary N) is 1. The molecule has 11 heteroatoms. The number of imidazole rings is 1. The van der Waals surface area contributed by atoms with E-state index < -0.39 is 11.7 Å². The van der Waals surface area contributed by atoms with E-state index in [0.29, 0.717) is 51.0 Å². The summed E-state index contributed by atoms with van der Waals surface area (Å²) >= 11 is 0. The lowest BCUT2D eigenvalue weighted by Gasteiger charge is -2.14. The second-order valence-corrected chi connectivity index (χ2v) is 8.69. The van der Waals surface area contributed by atoms with Crippen molar-refractivity contribution in [3.05, 3.63) is 64.1 Å². The Hall–Kier alpha value is -4.15. The van der Waals surface area contributed by atoms with E-state index in [9.17, 15) is 18.0 Å². The maximum Gasteiger partial charge on any atom is 0.419 e. The Morgan fingerprint density at radius 1 is 1.03 bits per heavy atom. The number of aryl methyl sites for hydroxylation is 3. The summed E-state index contributed by atoms with van der Waals surface area (Å²) in [6.07, 6.45) is -1.53. The normalized spacial score (nSPS) is 12.1. The summed E-state index contributed by atoms with van der Waals surface area (Å²) in [5.74, 6) is -0.210. The van der Waals surface area contributed by atoms with E-state index >= 15 is 0 Å². The van der Waals surface area contributed by atoms with Crippen LogP contribution in [0.3, 0.4) is 0 Å². The number of anilines is 1. The van der Waals surface area contributed by atoms with Crippen molar-refractivity contribution in [1.82, 2.24) is 28.9 Å². The van der Waals surface area contributed by atoms with Crippen LogP contribution in [0.15, 0.2) is 41.5 Å². The number of hydrogen-bond acceptors (Lipinski definition) is 5. The van der Waals surface area contributed by atoms with E-state index in [4.69, 9.17) is 0 Å². The van der Waals surface area contributed by atoms with Crippen molar-refractivity contribution >= 4 is 27.8 Å². The van der Waals surface area contributed by atoms with Gasteiger partial charge in [0.15, 0.2) is 0 Å². The topological polar surface area (TPSA) is 82.6 Å². The van der Waals surface area contributed by atoms with Crippen LogP contribution >= 0.6 is 0 Å². The van der Waals surface area contributed by atoms with Gasteiger partial charge in [0, 0.05) is 37.8 Å². The van der Waals surface area contributed by atoms with Crippen molar-refractivity contribution in [3.63, 3.8) is 0 Å². The van der Waals surface area contributed by atoms with E-state index in [1.807, 2.05) is 20.9 Å². The summed E-state index contributed by atoms with van der Waals surface area (Å²) in [6, 6.07) is 6.29. The first kappa shape index (κ1) is 23.6. The summed E-state index contributed by atoms with van der Waals surface area (Å²) in [4.78, 5) is 21.9. The molecule has 36 heavy (non-hydrogen) atoms. The molecule has 8 nitrogen and oxygen atoms in total. The van der Waals surface area contributed by atoms with Crippen molar-refractivity contribution in [2.24, 2.45) is 14.1 Å². The van der Waals surface area contributed by atoms with Crippen molar-refractivity contribution in [1.29, 1.82) is 0 Å². The average Bonchev–Trinajstić information content (AvgIpc) is 3.23. The monoisotopic (exact) mass is 495 g/mol. The van der Waals surface area contributed by atoms with Gasteiger partial charge in [-0.25, -0.2) is 9.78 Å². The predicted octanol–water partition coefficient (Wildman–Crippen LogP) is 4.74. The number of fused-ring (bicyclic) bond motifs is 3. The van der Waals surface area contributed by atoms with Crippen LogP contribution in [0.2, 0.25) is 0 Å². The van der Waals surface area contributed by atoms with Gasteiger partial charge in [-0.15, -0.1) is 0 Å². The fraction of sp³-hybridized carbons (Fsp3) is 0.280. The number of pyridine rings is 2. The third-order valence-electron chi connectivity index (χ3n) is 6.45. The average molecular weight is 496 g/mol. The number of nitrogens with zero attached hydrogens (tertiary/aromatic N) is 6. The number of alkyl halides is 3. The van der Waals surface area contributed by atoms with E-state index in [-0.39, 0.29) is 11.5 Å². The Morgan fingerprint density at radius 3 is 2.42 bits per heavy atom. The summed E-state index contributed by atoms with van der Waals surface area (Å²) in [6.45, 7) is 5.74. The van der Waals surface area contributed by atoms with Gasteiger partial charge < -0.3 is 5.32 Å². The smallest absolute Gasteiger partial charge is 0.370 e. The van der Waals surface area contributed by atoms with Crippen molar-refractivity contribution in [2.75, 3.05) is 11.9 Å². The minimum atomic E-state index is -4.57. The summed E-state index contributed by atoms with van der Waals surface area (Å²) < 4.78 is 46.1. The van der Waals surface area contributed by atoms with Gasteiger partial charge in [0.1, 0.15) is 5.82 Å². The lowest BCUT2D eigenvalue weighted by Crippen LogP contribution is -2.21. The lowest BCUT2D eigenvalue weighted by molar-refractivity contribution is -0.137. The Kier molecular flexibility index (Phi) is 5.38. The third-order valence-corrected chi connectivity index (χ3v) is 6.45. The van der Waals surface area contributed by atoms with Crippen LogP contribution in [0, 0.1) is 13.8 Å². The molecular weight excluding hydrogens is 471 g/mol. The second kappa shape index (κ2) is 8.21. The van der Waals surface area contributed by atoms with Gasteiger partial charge in [-0.2, -0.15) is 18.3 Å². The van der Waals surface area contributed by atoms with Crippen LogP contribution < -0.4 is 11.0 Å². The summed E-state index contributed by atoms with van der Waals surface area (Å²) in [5.41, 5.74) is 3.72. The highest BCUT2D eigenvalue weighted by Gasteiger charge is 2.34. The second-order valence-electron chi connectivity index (χ2n) is 8.69. The molecule has 0 aliphatic heterocycles. The van der Waals surface area contributed by atoms with Gasteiger partial charge >= 0.3 is 11.9 Å². The Labute approximate surface area is 204 Å². The van der Waals surface area contributed by atoms with Gasteiger partial charge in [0.25, 0.3) is 0 Å². The standard InChI is InChI=1S/C25H24F3N7O/c1-6-29-23-18(25(26,27)28)10-16(11-31-23)15-7-8-19-17(9-15)22-20(12-30-19)33(4)24(36)35(22)21-13(2)32-34(5)14(21)3/h7-12H,6H2,1-5H3,(H,29,31). The highest BCUT2D eigenvalue weighted by molar-refractivity contribution is 6.04. The van der Waals surface area contributed by atoms with E-state index in [1.165, 1.54) is 10.8 Å². The highest BCUT2D eigenvalue weighted by Crippen LogP contribution is 2.37. The fourth-order valence-electron chi connectivity index (χ4n) is 4.62. The summed E-state index contributed by atoms with van der Waals surface area (Å²) in [7, 11) is 3.47. The first-order valence-electron chi connectivity index (χ1n) is 11.3. The first-order valence-corrected chi connectivity index (χ1v) is 11.3. The molecule has 186 valence electrons. The zero-order chi connectivity index (χ0) is 25.9. The molecule has 5 aromatic rings. The van der Waals surface area contributed by atoms with Crippen LogP contribution in [-0.2, 0) is 20.3 Å². The van der Waals surface area contributed by atoms with Gasteiger partial charge in [0.2, 0.25) is 0 Å². The maximum atomic E-state index is 13.8. The molecule has 0 unspecified atom stereocenters. The van der Waals surface area contributed by atoms with Crippen molar-refractivity contribution in [2.45, 2.75) is 26.9 Å². The number of aromatic nitrogens is 6. The number of benzene rings is 1. The molecule has 4 aromatic heterocycles. The van der Waals surface area contributed by atoms with E-state index in [2.05, 4.69) is 20.4 Å². The molecule has 0 saturated carbocycles. The largest absolute Gasteiger partial charge is 0.419 e. The molecule has 0 atom stereocenters. The molecule has 0 amide bonds. The molecule has 0 saturated heterocycles. The predicted molar refractivity (Wildman–Crippen MR) is 132 cm³/mol. The van der Waals surface area contributed by atoms with Gasteiger partial charge in [0.05, 0.1) is 45.4 Å². The molecule has 0 aliphatic carbocycles. The maximum absolute atomic E-state index is 13.8. The van der Waals surface area contributed by atoms with Crippen LogP contribution in [0.4, 0.5) is 19.0 Å². The molecule has 0 bridgehead atoms. The highest BCUT2D eigenvalue weighted by atomic mass is 19.4. The Morgan fingerprint density at radius 2 is 1.78 bits per heavy atom. The zero-order valence-electron chi connectivity index (χ0n) is 20.4. The van der Waals surface area contributed by atoms with Crippen LogP contribution in [0.25, 0.3) is 38.8 Å². The fourth-order valence-corrected chi connectivity index (χ4v) is 4.62. The Balaban J connectivity index is 1.82. The molecule has 0 fully saturated rings. The van der Waals surface area contributed by atoms with E-state index in [0.717, 1.165) is 11.8 Å².